The van der Waals surface area contributed by atoms with Crippen LogP contribution in [0, 0.1) is 12.3 Å². The van der Waals surface area contributed by atoms with E-state index >= 15 is 0 Å². The van der Waals surface area contributed by atoms with Gasteiger partial charge in [-0.1, -0.05) is 19.9 Å². The molecule has 0 aromatic heterocycles. The Kier molecular flexibility index (Phi) is 3.82. The number of aryl methyl sites for hydroxylation is 1. The normalized spacial score (nSPS) is 18.2. The number of anilines is 1. The summed E-state index contributed by atoms with van der Waals surface area (Å²) >= 11 is 0. The number of amides is 1. The quantitative estimate of drug-likeness (QED) is 0.799. The lowest BCUT2D eigenvalue weighted by molar-refractivity contribution is 0.0342. The van der Waals surface area contributed by atoms with Gasteiger partial charge in [-0.25, -0.2) is 4.79 Å². The van der Waals surface area contributed by atoms with Gasteiger partial charge in [0, 0.05) is 24.3 Å². The summed E-state index contributed by atoms with van der Waals surface area (Å²) in [6.07, 6.45) is -1.07. The molecule has 2 rings (SSSR count). The molecule has 0 unspecified atom stereocenters. The number of hydrogen-bond acceptors (Lipinski definition) is 3. The second-order valence-corrected chi connectivity index (χ2v) is 5.62. The van der Waals surface area contributed by atoms with E-state index in [9.17, 15) is 4.79 Å². The van der Waals surface area contributed by atoms with Crippen molar-refractivity contribution in [1.82, 2.24) is 0 Å². The largest absolute Gasteiger partial charge is 0.494 e. The summed E-state index contributed by atoms with van der Waals surface area (Å²) in [5.41, 5.74) is 2.46. The highest BCUT2D eigenvalue weighted by molar-refractivity contribution is 6.62. The fourth-order valence-electron chi connectivity index (χ4n) is 2.01. The van der Waals surface area contributed by atoms with Crippen molar-refractivity contribution >= 4 is 24.4 Å². The first-order chi connectivity index (χ1) is 8.87. The van der Waals surface area contributed by atoms with Gasteiger partial charge in [0.25, 0.3) is 0 Å². The predicted molar refractivity (Wildman–Crippen MR) is 73.9 cm³/mol. The monoisotopic (exact) mass is 263 g/mol. The van der Waals surface area contributed by atoms with Gasteiger partial charge in [-0.2, -0.15) is 0 Å². The third kappa shape index (κ3) is 3.48. The highest BCUT2D eigenvalue weighted by Crippen LogP contribution is 2.22. The van der Waals surface area contributed by atoms with Gasteiger partial charge in [0.15, 0.2) is 0 Å². The van der Waals surface area contributed by atoms with Crippen LogP contribution in [0.4, 0.5) is 10.5 Å². The van der Waals surface area contributed by atoms with Crippen molar-refractivity contribution in [3.63, 3.8) is 0 Å². The molecule has 1 aromatic carbocycles. The Bertz CT molecular complexity index is 480. The van der Waals surface area contributed by atoms with Crippen molar-refractivity contribution in [2.24, 2.45) is 5.41 Å². The summed E-state index contributed by atoms with van der Waals surface area (Å²) in [6.45, 7) is 7.39. The van der Waals surface area contributed by atoms with Gasteiger partial charge >= 0.3 is 13.2 Å². The summed E-state index contributed by atoms with van der Waals surface area (Å²) < 4.78 is 11.4. The molecule has 0 spiro atoms. The molecular formula is C13H18BNO4. The minimum atomic E-state index is -1.07. The van der Waals surface area contributed by atoms with Crippen LogP contribution in [0.15, 0.2) is 18.2 Å². The van der Waals surface area contributed by atoms with E-state index < -0.39 is 6.09 Å². The van der Waals surface area contributed by atoms with Crippen LogP contribution in [0.2, 0.25) is 0 Å². The zero-order valence-electron chi connectivity index (χ0n) is 11.4. The average molecular weight is 263 g/mol. The van der Waals surface area contributed by atoms with Gasteiger partial charge in [0.1, 0.15) is 0 Å². The molecule has 0 atom stereocenters. The van der Waals surface area contributed by atoms with Gasteiger partial charge in [-0.15, -0.1) is 0 Å². The summed E-state index contributed by atoms with van der Waals surface area (Å²) in [6, 6.07) is 5.32. The topological polar surface area (TPSA) is 67.8 Å². The lowest BCUT2D eigenvalue weighted by Gasteiger charge is -2.33. The summed E-state index contributed by atoms with van der Waals surface area (Å²) in [5.74, 6) is 0. The van der Waals surface area contributed by atoms with Gasteiger partial charge in [-0.05, 0) is 30.1 Å². The summed E-state index contributed by atoms with van der Waals surface area (Å²) in [5, 5.41) is 11.0. The van der Waals surface area contributed by atoms with Gasteiger partial charge < -0.3 is 14.4 Å². The molecule has 6 heteroatoms. The van der Waals surface area contributed by atoms with Crippen molar-refractivity contribution in [3.05, 3.63) is 23.8 Å². The van der Waals surface area contributed by atoms with Gasteiger partial charge in [0.05, 0.1) is 0 Å². The second kappa shape index (κ2) is 5.23. The lowest BCUT2D eigenvalue weighted by Crippen LogP contribution is -2.48. The molecule has 1 heterocycles. The Labute approximate surface area is 113 Å². The number of hydrogen-bond donors (Lipinski definition) is 2. The van der Waals surface area contributed by atoms with Crippen LogP contribution in [-0.4, -0.2) is 31.5 Å². The summed E-state index contributed by atoms with van der Waals surface area (Å²) in [7, 11) is -0.369. The van der Waals surface area contributed by atoms with Crippen molar-refractivity contribution in [2.75, 3.05) is 18.5 Å². The van der Waals surface area contributed by atoms with E-state index in [-0.39, 0.29) is 12.5 Å². The second-order valence-electron chi connectivity index (χ2n) is 5.62. The molecule has 1 aromatic rings. The predicted octanol–water partition coefficient (Wildman–Crippen LogP) is 1.85. The maximum Gasteiger partial charge on any atom is 0.494 e. The molecule has 5 nitrogen and oxygen atoms in total. The van der Waals surface area contributed by atoms with E-state index in [1.165, 1.54) is 0 Å². The fraction of sp³-hybridized carbons (Fsp3) is 0.462. The van der Waals surface area contributed by atoms with E-state index in [2.05, 4.69) is 19.2 Å². The lowest BCUT2D eigenvalue weighted by atomic mass is 9.73. The minimum absolute atomic E-state index is 0.0369. The molecule has 0 bridgehead atoms. The van der Waals surface area contributed by atoms with Crippen molar-refractivity contribution < 1.29 is 19.2 Å². The van der Waals surface area contributed by atoms with Crippen LogP contribution in [0.1, 0.15) is 19.4 Å². The first-order valence-corrected chi connectivity index (χ1v) is 6.21. The first kappa shape index (κ1) is 13.9. The van der Waals surface area contributed by atoms with Crippen molar-refractivity contribution in [2.45, 2.75) is 20.8 Å². The first-order valence-electron chi connectivity index (χ1n) is 6.21. The fourth-order valence-corrected chi connectivity index (χ4v) is 2.01. The van der Waals surface area contributed by atoms with E-state index in [1.807, 2.05) is 13.0 Å². The highest BCUT2D eigenvalue weighted by Gasteiger charge is 2.34. The molecule has 1 amide bonds. The van der Waals surface area contributed by atoms with E-state index in [1.54, 1.807) is 12.1 Å². The van der Waals surface area contributed by atoms with Crippen LogP contribution in [0.5, 0.6) is 0 Å². The highest BCUT2D eigenvalue weighted by atomic mass is 16.6. The molecule has 1 saturated heterocycles. The Balaban J connectivity index is 2.11. The van der Waals surface area contributed by atoms with Crippen LogP contribution in [0.3, 0.4) is 0 Å². The molecule has 1 aliphatic heterocycles. The Hall–Kier alpha value is -1.53. The van der Waals surface area contributed by atoms with Crippen molar-refractivity contribution in [1.29, 1.82) is 0 Å². The maximum atomic E-state index is 10.6. The Morgan fingerprint density at radius 1 is 1.37 bits per heavy atom. The zero-order chi connectivity index (χ0) is 14.0. The molecule has 1 fully saturated rings. The number of benzene rings is 1. The molecule has 2 N–H and O–H groups in total. The molecule has 1 aliphatic rings. The molecule has 102 valence electrons. The Morgan fingerprint density at radius 3 is 2.53 bits per heavy atom. The third-order valence-electron chi connectivity index (χ3n) is 3.03. The molecule has 0 radical (unpaired) electrons. The number of carbonyl (C=O) groups is 1. The van der Waals surface area contributed by atoms with Crippen LogP contribution < -0.4 is 10.8 Å². The zero-order valence-corrected chi connectivity index (χ0v) is 11.4. The van der Waals surface area contributed by atoms with E-state index in [4.69, 9.17) is 14.4 Å². The van der Waals surface area contributed by atoms with Crippen LogP contribution in [-0.2, 0) is 9.31 Å². The summed E-state index contributed by atoms with van der Waals surface area (Å²) in [4.78, 5) is 10.6. The van der Waals surface area contributed by atoms with Crippen LogP contribution >= 0.6 is 0 Å². The average Bonchev–Trinajstić information content (AvgIpc) is 2.29. The van der Waals surface area contributed by atoms with E-state index in [0.29, 0.717) is 18.9 Å². The number of nitrogens with one attached hydrogen (secondary N) is 1. The molecule has 0 aliphatic carbocycles. The standard InChI is InChI=1S/C13H18BNO4/c1-9-6-10(15-12(16)17)4-5-11(9)14-18-7-13(2,3)8-19-14/h4-6,15H,7-8H2,1-3H3,(H,16,17). The van der Waals surface area contributed by atoms with E-state index in [0.717, 1.165) is 11.0 Å². The smallest absolute Gasteiger partial charge is 0.465 e. The third-order valence-corrected chi connectivity index (χ3v) is 3.03. The maximum absolute atomic E-state index is 10.6. The molecule has 19 heavy (non-hydrogen) atoms. The molecule has 0 saturated carbocycles. The molecular weight excluding hydrogens is 245 g/mol. The minimum Gasteiger partial charge on any atom is -0.465 e. The van der Waals surface area contributed by atoms with Crippen LogP contribution in [0.25, 0.3) is 0 Å². The SMILES string of the molecule is Cc1cc(NC(=O)O)ccc1B1OCC(C)(C)CO1. The van der Waals surface area contributed by atoms with Crippen molar-refractivity contribution in [3.8, 4) is 0 Å². The number of rotatable bonds is 2. The van der Waals surface area contributed by atoms with Gasteiger partial charge in [-0.3, -0.25) is 5.32 Å². The van der Waals surface area contributed by atoms with Gasteiger partial charge in [0.2, 0.25) is 0 Å². The Morgan fingerprint density at radius 2 is 2.00 bits per heavy atom. The number of carboxylic acid groups (broad SMARTS) is 1.